The third kappa shape index (κ3) is 5.06. The Morgan fingerprint density at radius 3 is 2.56 bits per heavy atom. The Balaban J connectivity index is 1.59. The topological polar surface area (TPSA) is 55.4 Å². The first-order valence-corrected chi connectivity index (χ1v) is 11.4. The number of hydrogen-bond acceptors (Lipinski definition) is 4. The van der Waals surface area contributed by atoms with Gasteiger partial charge in [-0.25, -0.2) is 13.1 Å². The largest absolute Gasteiger partial charge is 0.493 e. The third-order valence-electron chi connectivity index (χ3n) is 4.79. The van der Waals surface area contributed by atoms with Gasteiger partial charge in [0.1, 0.15) is 5.75 Å². The van der Waals surface area contributed by atoms with E-state index in [1.165, 1.54) is 11.1 Å². The number of rotatable bonds is 7. The summed E-state index contributed by atoms with van der Waals surface area (Å²) in [6, 6.07) is 10.2. The van der Waals surface area contributed by atoms with Gasteiger partial charge in [-0.3, -0.25) is 0 Å². The van der Waals surface area contributed by atoms with Gasteiger partial charge in [-0.05, 0) is 59.9 Å². The highest BCUT2D eigenvalue weighted by Crippen LogP contribution is 2.28. The van der Waals surface area contributed by atoms with E-state index in [4.69, 9.17) is 4.74 Å². The van der Waals surface area contributed by atoms with Crippen molar-refractivity contribution in [1.29, 1.82) is 0 Å². The zero-order valence-corrected chi connectivity index (χ0v) is 16.1. The first kappa shape index (κ1) is 18.4. The normalized spacial score (nSPS) is 21.2. The quantitative estimate of drug-likeness (QED) is 0.781. The van der Waals surface area contributed by atoms with Crippen LogP contribution >= 0.6 is 11.3 Å². The lowest BCUT2D eigenvalue weighted by Gasteiger charge is -2.31. The Morgan fingerprint density at radius 1 is 1.12 bits per heavy atom. The summed E-state index contributed by atoms with van der Waals surface area (Å²) in [5, 5.41) is 4.20. The minimum absolute atomic E-state index is 0.0104. The van der Waals surface area contributed by atoms with E-state index in [1.54, 1.807) is 18.3 Å². The lowest BCUT2D eigenvalue weighted by atomic mass is 9.86. The summed E-state index contributed by atoms with van der Waals surface area (Å²) in [6.07, 6.45) is 4.10. The predicted octanol–water partition coefficient (Wildman–Crippen LogP) is 4.29. The lowest BCUT2D eigenvalue weighted by Crippen LogP contribution is -2.44. The van der Waals surface area contributed by atoms with E-state index in [2.05, 4.69) is 33.7 Å². The monoisotopic (exact) mass is 379 g/mol. The van der Waals surface area contributed by atoms with Crippen molar-refractivity contribution in [3.8, 4) is 16.9 Å². The van der Waals surface area contributed by atoms with Gasteiger partial charge in [-0.1, -0.05) is 25.0 Å². The van der Waals surface area contributed by atoms with Crippen LogP contribution in [0.3, 0.4) is 0 Å². The Hall–Kier alpha value is -1.37. The molecule has 1 heterocycles. The van der Waals surface area contributed by atoms with Crippen LogP contribution in [0.15, 0.2) is 41.1 Å². The number of ether oxygens (including phenoxy) is 1. The molecule has 0 bridgehead atoms. The van der Waals surface area contributed by atoms with E-state index < -0.39 is 10.0 Å². The molecule has 136 valence electrons. The number of thiophene rings is 1. The molecule has 0 unspecified atom stereocenters. The smallest absolute Gasteiger partial charge is 0.211 e. The number of benzene rings is 1. The summed E-state index contributed by atoms with van der Waals surface area (Å²) in [7, 11) is -3.17. The van der Waals surface area contributed by atoms with Crippen LogP contribution in [0.4, 0.5) is 0 Å². The Labute approximate surface area is 154 Å². The van der Waals surface area contributed by atoms with Crippen LogP contribution < -0.4 is 9.46 Å². The Morgan fingerprint density at radius 2 is 1.88 bits per heavy atom. The average molecular weight is 380 g/mol. The van der Waals surface area contributed by atoms with Gasteiger partial charge in [-0.15, -0.1) is 0 Å². The molecule has 0 aliphatic heterocycles. The second-order valence-corrected chi connectivity index (χ2v) is 9.34. The Bertz CT molecular complexity index is 754. The molecule has 2 atom stereocenters. The first-order chi connectivity index (χ1) is 12.1. The molecule has 0 saturated heterocycles. The fraction of sp³-hybridized carbons (Fsp3) is 0.474. The van der Waals surface area contributed by atoms with Gasteiger partial charge in [0.15, 0.2) is 0 Å². The van der Waals surface area contributed by atoms with Gasteiger partial charge in [-0.2, -0.15) is 11.3 Å². The Kier molecular flexibility index (Phi) is 6.15. The van der Waals surface area contributed by atoms with Gasteiger partial charge in [0.2, 0.25) is 10.0 Å². The molecule has 1 aliphatic rings. The van der Waals surface area contributed by atoms with Crippen LogP contribution in [0.1, 0.15) is 32.6 Å². The molecule has 1 aliphatic carbocycles. The van der Waals surface area contributed by atoms with E-state index in [-0.39, 0.29) is 17.7 Å². The molecule has 4 nitrogen and oxygen atoms in total. The van der Waals surface area contributed by atoms with Gasteiger partial charge in [0.25, 0.3) is 0 Å². The third-order valence-corrected chi connectivity index (χ3v) is 6.90. The summed E-state index contributed by atoms with van der Waals surface area (Å²) in [4.78, 5) is 0. The van der Waals surface area contributed by atoms with Crippen molar-refractivity contribution < 1.29 is 13.2 Å². The maximum Gasteiger partial charge on any atom is 0.211 e. The fourth-order valence-electron chi connectivity index (χ4n) is 3.25. The number of sulfonamides is 1. The van der Waals surface area contributed by atoms with Crippen LogP contribution in [0, 0.1) is 5.92 Å². The molecule has 1 N–H and O–H groups in total. The van der Waals surface area contributed by atoms with E-state index in [1.807, 2.05) is 12.1 Å². The summed E-state index contributed by atoms with van der Waals surface area (Å²) in [6.45, 7) is 2.22. The van der Waals surface area contributed by atoms with Crippen molar-refractivity contribution in [2.75, 3.05) is 12.4 Å². The summed E-state index contributed by atoms with van der Waals surface area (Å²) in [5.74, 6) is 1.19. The molecule has 1 saturated carbocycles. The maximum absolute atomic E-state index is 11.9. The molecular formula is C19H25NO3S2. The van der Waals surface area contributed by atoms with Gasteiger partial charge in [0, 0.05) is 12.0 Å². The second-order valence-electron chi connectivity index (χ2n) is 6.52. The van der Waals surface area contributed by atoms with Crippen molar-refractivity contribution in [2.45, 2.75) is 38.6 Å². The van der Waals surface area contributed by atoms with Crippen LogP contribution in [-0.2, 0) is 10.0 Å². The minimum atomic E-state index is -3.17. The molecule has 0 amide bonds. The van der Waals surface area contributed by atoms with Crippen LogP contribution in [0.25, 0.3) is 11.1 Å². The molecule has 1 aromatic heterocycles. The first-order valence-electron chi connectivity index (χ1n) is 8.83. The van der Waals surface area contributed by atoms with Crippen LogP contribution in [0.2, 0.25) is 0 Å². The lowest BCUT2D eigenvalue weighted by molar-refractivity contribution is 0.180. The molecule has 3 rings (SSSR count). The van der Waals surface area contributed by atoms with E-state index in [9.17, 15) is 8.42 Å². The molecule has 1 fully saturated rings. The van der Waals surface area contributed by atoms with E-state index in [0.717, 1.165) is 31.4 Å². The highest BCUT2D eigenvalue weighted by Gasteiger charge is 2.28. The minimum Gasteiger partial charge on any atom is -0.493 e. The van der Waals surface area contributed by atoms with Crippen LogP contribution in [-0.4, -0.2) is 26.8 Å². The molecule has 2 aromatic rings. The molecule has 0 radical (unpaired) electrons. The summed E-state index contributed by atoms with van der Waals surface area (Å²) >= 11 is 1.69. The molecule has 25 heavy (non-hydrogen) atoms. The summed E-state index contributed by atoms with van der Waals surface area (Å²) in [5.41, 5.74) is 2.40. The van der Waals surface area contributed by atoms with E-state index in [0.29, 0.717) is 6.61 Å². The molecular weight excluding hydrogens is 354 g/mol. The van der Waals surface area contributed by atoms with Crippen molar-refractivity contribution in [3.63, 3.8) is 0 Å². The molecule has 1 aromatic carbocycles. The summed E-state index contributed by atoms with van der Waals surface area (Å²) < 4.78 is 32.6. The van der Waals surface area contributed by atoms with E-state index >= 15 is 0 Å². The van der Waals surface area contributed by atoms with Crippen molar-refractivity contribution >= 4 is 21.4 Å². The zero-order valence-electron chi connectivity index (χ0n) is 14.5. The highest BCUT2D eigenvalue weighted by molar-refractivity contribution is 7.89. The number of hydrogen-bond donors (Lipinski definition) is 1. The molecule has 6 heteroatoms. The second kappa shape index (κ2) is 8.34. The van der Waals surface area contributed by atoms with Gasteiger partial charge >= 0.3 is 0 Å². The SMILES string of the molecule is CCS(=O)(=O)N[C@@H]1CCCC[C@H]1COc1ccc(-c2ccsc2)cc1. The molecule has 0 spiro atoms. The predicted molar refractivity (Wildman–Crippen MR) is 104 cm³/mol. The fourth-order valence-corrected chi connectivity index (χ4v) is 4.86. The zero-order chi connectivity index (χ0) is 17.7. The van der Waals surface area contributed by atoms with Gasteiger partial charge in [0.05, 0.1) is 12.4 Å². The standard InChI is InChI=1S/C19H25NO3S2/c1-2-25(21,22)20-19-6-4-3-5-16(19)13-23-18-9-7-15(8-10-18)17-11-12-24-14-17/h7-12,14,16,19-20H,2-6,13H2,1H3/t16-,19+/m0/s1. The average Bonchev–Trinajstić information content (AvgIpc) is 3.16. The van der Waals surface area contributed by atoms with Crippen LogP contribution in [0.5, 0.6) is 5.75 Å². The van der Waals surface area contributed by atoms with Crippen molar-refractivity contribution in [2.24, 2.45) is 5.92 Å². The van der Waals surface area contributed by atoms with Crippen molar-refractivity contribution in [3.05, 3.63) is 41.1 Å². The van der Waals surface area contributed by atoms with Crippen molar-refractivity contribution in [1.82, 2.24) is 4.72 Å². The maximum atomic E-state index is 11.9. The highest BCUT2D eigenvalue weighted by atomic mass is 32.2. The number of nitrogens with one attached hydrogen (secondary N) is 1. The van der Waals surface area contributed by atoms with Gasteiger partial charge < -0.3 is 4.74 Å².